The number of amides is 1. The Bertz CT molecular complexity index is 490. The van der Waals surface area contributed by atoms with E-state index in [1.807, 2.05) is 18.2 Å². The van der Waals surface area contributed by atoms with Crippen LogP contribution in [-0.2, 0) is 17.6 Å². The molecule has 0 radical (unpaired) electrons. The molecule has 5 heteroatoms. The first-order valence-corrected chi connectivity index (χ1v) is 9.00. The molecule has 0 aliphatic carbocycles. The Hall–Kier alpha value is -1.59. The van der Waals surface area contributed by atoms with Gasteiger partial charge in [0.2, 0.25) is 5.91 Å². The van der Waals surface area contributed by atoms with Gasteiger partial charge in [-0.2, -0.15) is 0 Å². The second-order valence-electron chi connectivity index (χ2n) is 6.31. The third kappa shape index (κ3) is 8.31. The highest BCUT2D eigenvalue weighted by molar-refractivity contribution is 5.78. The smallest absolute Gasteiger partial charge is 0.224 e. The van der Waals surface area contributed by atoms with Gasteiger partial charge in [0.25, 0.3) is 0 Å². The van der Waals surface area contributed by atoms with Crippen LogP contribution in [0.1, 0.15) is 56.6 Å². The number of carbonyl (C=O) groups is 1. The van der Waals surface area contributed by atoms with Crippen LogP contribution < -0.4 is 21.5 Å². The largest absolute Gasteiger partial charge is 0.496 e. The van der Waals surface area contributed by atoms with E-state index in [9.17, 15) is 4.79 Å². The number of rotatable bonds is 12. The van der Waals surface area contributed by atoms with E-state index < -0.39 is 6.17 Å². The molecule has 1 aromatic rings. The molecule has 0 fully saturated rings. The van der Waals surface area contributed by atoms with Crippen molar-refractivity contribution < 1.29 is 9.53 Å². The van der Waals surface area contributed by atoms with Gasteiger partial charge in [0.1, 0.15) is 5.75 Å². The number of benzene rings is 1. The maximum Gasteiger partial charge on any atom is 0.224 e. The van der Waals surface area contributed by atoms with E-state index in [0.717, 1.165) is 29.8 Å². The molecule has 136 valence electrons. The van der Waals surface area contributed by atoms with Crippen LogP contribution in [-0.4, -0.2) is 25.7 Å². The van der Waals surface area contributed by atoms with Crippen molar-refractivity contribution in [1.29, 1.82) is 0 Å². The summed E-state index contributed by atoms with van der Waals surface area (Å²) >= 11 is 0. The summed E-state index contributed by atoms with van der Waals surface area (Å²) in [5, 5.41) is 2.99. The van der Waals surface area contributed by atoms with E-state index in [1.54, 1.807) is 7.11 Å². The van der Waals surface area contributed by atoms with Crippen molar-refractivity contribution in [3.63, 3.8) is 0 Å². The molecule has 24 heavy (non-hydrogen) atoms. The number of hydrogen-bond acceptors (Lipinski definition) is 4. The molecule has 1 amide bonds. The predicted octanol–water partition coefficient (Wildman–Crippen LogP) is 2.50. The van der Waals surface area contributed by atoms with Crippen molar-refractivity contribution in [3.05, 3.63) is 29.3 Å². The highest BCUT2D eigenvalue weighted by Crippen LogP contribution is 2.21. The first-order valence-electron chi connectivity index (χ1n) is 9.00. The summed E-state index contributed by atoms with van der Waals surface area (Å²) < 4.78 is 5.37. The van der Waals surface area contributed by atoms with Gasteiger partial charge in [0, 0.05) is 13.0 Å². The highest BCUT2D eigenvalue weighted by Gasteiger charge is 2.09. The number of nitrogens with one attached hydrogen (secondary N) is 1. The minimum absolute atomic E-state index is 0.0499. The van der Waals surface area contributed by atoms with Crippen molar-refractivity contribution in [3.8, 4) is 5.75 Å². The zero-order chi connectivity index (χ0) is 17.8. The minimum Gasteiger partial charge on any atom is -0.496 e. The lowest BCUT2D eigenvalue weighted by Crippen LogP contribution is -2.32. The summed E-state index contributed by atoms with van der Waals surface area (Å²) in [5.41, 5.74) is 13.2. The lowest BCUT2D eigenvalue weighted by atomic mass is 10.0. The van der Waals surface area contributed by atoms with Gasteiger partial charge in [-0.15, -0.1) is 0 Å². The Kier molecular flexibility index (Phi) is 10.1. The summed E-state index contributed by atoms with van der Waals surface area (Å²) in [7, 11) is 1.61. The molecule has 0 aliphatic rings. The Balaban J connectivity index is 2.36. The molecule has 1 aromatic carbocycles. The second-order valence-corrected chi connectivity index (χ2v) is 6.31. The maximum absolute atomic E-state index is 12.0. The van der Waals surface area contributed by atoms with Gasteiger partial charge >= 0.3 is 0 Å². The third-order valence-electron chi connectivity index (χ3n) is 4.02. The Labute approximate surface area is 146 Å². The van der Waals surface area contributed by atoms with E-state index >= 15 is 0 Å². The second kappa shape index (κ2) is 11.9. The lowest BCUT2D eigenvalue weighted by molar-refractivity contribution is -0.120. The number of ether oxygens (including phenoxy) is 1. The molecule has 0 bridgehead atoms. The zero-order valence-electron chi connectivity index (χ0n) is 15.1. The van der Waals surface area contributed by atoms with Gasteiger partial charge in [0.05, 0.1) is 19.7 Å². The molecular weight excluding hydrogens is 302 g/mol. The number of unbranched alkanes of at least 4 members (excludes halogenated alkanes) is 5. The van der Waals surface area contributed by atoms with Gasteiger partial charge in [-0.1, -0.05) is 51.2 Å². The van der Waals surface area contributed by atoms with Gasteiger partial charge in [0.15, 0.2) is 0 Å². The van der Waals surface area contributed by atoms with Crippen molar-refractivity contribution in [2.24, 2.45) is 11.5 Å². The summed E-state index contributed by atoms with van der Waals surface area (Å²) in [6.07, 6.45) is 7.85. The fourth-order valence-corrected chi connectivity index (χ4v) is 2.70. The molecule has 0 aliphatic heterocycles. The average molecular weight is 335 g/mol. The van der Waals surface area contributed by atoms with E-state index in [0.29, 0.717) is 12.8 Å². The summed E-state index contributed by atoms with van der Waals surface area (Å²) in [5.74, 6) is 0.783. The number of carbonyl (C=O) groups excluding carboxylic acids is 1. The van der Waals surface area contributed by atoms with Crippen LogP contribution in [0.2, 0.25) is 0 Å². The summed E-state index contributed by atoms with van der Waals surface area (Å²) in [6, 6.07) is 5.76. The molecule has 1 rings (SSSR count). The Morgan fingerprint density at radius 3 is 2.54 bits per heavy atom. The summed E-state index contributed by atoms with van der Waals surface area (Å²) in [6.45, 7) is 2.97. The molecule has 0 heterocycles. The van der Waals surface area contributed by atoms with Crippen LogP contribution in [0.3, 0.4) is 0 Å². The van der Waals surface area contributed by atoms with Gasteiger partial charge in [-0.05, 0) is 23.6 Å². The molecule has 5 N–H and O–H groups in total. The molecule has 5 nitrogen and oxygen atoms in total. The SMILES string of the molecule is CCCCCCCCNC(=O)Cc1ccc(CC(N)N)c(OC)c1. The normalized spacial score (nSPS) is 10.9. The molecule has 0 atom stereocenters. The lowest BCUT2D eigenvalue weighted by Gasteiger charge is -2.12. The standard InChI is InChI=1S/C19H33N3O2/c1-3-4-5-6-7-8-11-22-19(23)13-15-9-10-16(14-18(20)21)17(12-15)24-2/h9-10,12,18H,3-8,11,13-14,20-21H2,1-2H3,(H,22,23). The quantitative estimate of drug-likeness (QED) is 0.404. The molecule has 0 spiro atoms. The number of hydrogen-bond donors (Lipinski definition) is 3. The van der Waals surface area contributed by atoms with Crippen LogP contribution in [0, 0.1) is 0 Å². The molecule has 0 unspecified atom stereocenters. The van der Waals surface area contributed by atoms with E-state index in [2.05, 4.69) is 12.2 Å². The third-order valence-corrected chi connectivity index (χ3v) is 4.02. The van der Waals surface area contributed by atoms with Crippen LogP contribution in [0.25, 0.3) is 0 Å². The Morgan fingerprint density at radius 2 is 1.88 bits per heavy atom. The van der Waals surface area contributed by atoms with Crippen molar-refractivity contribution in [1.82, 2.24) is 5.32 Å². The molecule has 0 saturated carbocycles. The van der Waals surface area contributed by atoms with E-state index in [4.69, 9.17) is 16.2 Å². The molecule has 0 saturated heterocycles. The van der Waals surface area contributed by atoms with Crippen LogP contribution in [0.4, 0.5) is 0 Å². The monoisotopic (exact) mass is 335 g/mol. The van der Waals surface area contributed by atoms with Crippen LogP contribution in [0.15, 0.2) is 18.2 Å². The molecular formula is C19H33N3O2. The topological polar surface area (TPSA) is 90.4 Å². The summed E-state index contributed by atoms with van der Waals surface area (Å²) in [4.78, 5) is 12.0. The fourth-order valence-electron chi connectivity index (χ4n) is 2.70. The first kappa shape index (κ1) is 20.5. The van der Waals surface area contributed by atoms with Crippen molar-refractivity contribution in [2.45, 2.75) is 64.5 Å². The van der Waals surface area contributed by atoms with E-state index in [1.165, 1.54) is 32.1 Å². The van der Waals surface area contributed by atoms with Gasteiger partial charge in [-0.3, -0.25) is 4.79 Å². The Morgan fingerprint density at radius 1 is 1.17 bits per heavy atom. The molecule has 0 aromatic heterocycles. The van der Waals surface area contributed by atoms with Gasteiger partial charge < -0.3 is 21.5 Å². The minimum atomic E-state index is -0.412. The van der Waals surface area contributed by atoms with Crippen molar-refractivity contribution >= 4 is 5.91 Å². The highest BCUT2D eigenvalue weighted by atomic mass is 16.5. The van der Waals surface area contributed by atoms with E-state index in [-0.39, 0.29) is 5.91 Å². The number of nitrogens with two attached hydrogens (primary N) is 2. The van der Waals surface area contributed by atoms with Crippen molar-refractivity contribution in [2.75, 3.05) is 13.7 Å². The predicted molar refractivity (Wildman–Crippen MR) is 99.0 cm³/mol. The van der Waals surface area contributed by atoms with Crippen LogP contribution in [0.5, 0.6) is 5.75 Å². The first-order chi connectivity index (χ1) is 11.6. The fraction of sp³-hybridized carbons (Fsp3) is 0.632. The number of methoxy groups -OCH3 is 1. The maximum atomic E-state index is 12.0. The van der Waals surface area contributed by atoms with Gasteiger partial charge in [-0.25, -0.2) is 0 Å². The average Bonchev–Trinajstić information content (AvgIpc) is 2.55. The zero-order valence-corrected chi connectivity index (χ0v) is 15.1. The van der Waals surface area contributed by atoms with Crippen LogP contribution >= 0.6 is 0 Å².